The second-order valence-corrected chi connectivity index (χ2v) is 10.3. The molecular weight excluding hydrogens is 476 g/mol. The number of β-amino-alcohol motifs (C(OH)–C–C–N with tert-alkyl or cyclic N) is 1. The summed E-state index contributed by atoms with van der Waals surface area (Å²) in [4.78, 5) is 28.1. The molecule has 0 unspecified atom stereocenters. The van der Waals surface area contributed by atoms with Crippen molar-refractivity contribution >= 4 is 11.8 Å². The maximum atomic E-state index is 13.6. The van der Waals surface area contributed by atoms with E-state index >= 15 is 0 Å². The zero-order valence-corrected chi connectivity index (χ0v) is 20.6. The molecule has 1 aliphatic carbocycles. The Hall–Kier alpha value is -3.14. The minimum absolute atomic E-state index is 0.0169. The van der Waals surface area contributed by atoms with Crippen molar-refractivity contribution in [3.8, 4) is 11.5 Å². The zero-order valence-electron chi connectivity index (χ0n) is 20.6. The summed E-state index contributed by atoms with van der Waals surface area (Å²) in [6.45, 7) is 0.646. The number of rotatable bonds is 4. The number of hydrogen-bond donors (Lipinski definition) is 2. The van der Waals surface area contributed by atoms with Gasteiger partial charge in [-0.1, -0.05) is 24.3 Å². The van der Waals surface area contributed by atoms with E-state index in [1.54, 1.807) is 23.1 Å². The van der Waals surface area contributed by atoms with Crippen LogP contribution in [-0.4, -0.2) is 78.8 Å². The van der Waals surface area contributed by atoms with Crippen molar-refractivity contribution in [3.63, 3.8) is 0 Å². The van der Waals surface area contributed by atoms with E-state index in [0.29, 0.717) is 29.9 Å². The van der Waals surface area contributed by atoms with Gasteiger partial charge in [-0.3, -0.25) is 9.59 Å². The number of fused-ring (bicyclic) bond motifs is 3. The number of benzene rings is 2. The fraction of sp³-hybridized carbons (Fsp3) is 0.500. The van der Waals surface area contributed by atoms with Gasteiger partial charge in [-0.05, 0) is 55.0 Å². The van der Waals surface area contributed by atoms with Crippen LogP contribution in [0, 0.1) is 0 Å². The monoisotopic (exact) mass is 508 g/mol. The van der Waals surface area contributed by atoms with Crippen molar-refractivity contribution in [1.82, 2.24) is 10.2 Å². The Bertz CT molecular complexity index is 1150. The van der Waals surface area contributed by atoms with Crippen molar-refractivity contribution < 1.29 is 33.6 Å². The first-order valence-electron chi connectivity index (χ1n) is 13.0. The van der Waals surface area contributed by atoms with Crippen LogP contribution in [0.3, 0.4) is 0 Å². The van der Waals surface area contributed by atoms with Crippen molar-refractivity contribution in [2.75, 3.05) is 26.6 Å². The van der Waals surface area contributed by atoms with E-state index in [4.69, 9.17) is 18.9 Å². The fourth-order valence-corrected chi connectivity index (χ4v) is 5.92. The lowest BCUT2D eigenvalue weighted by Crippen LogP contribution is -2.57. The third-order valence-electron chi connectivity index (χ3n) is 7.69. The van der Waals surface area contributed by atoms with Gasteiger partial charge < -0.3 is 34.3 Å². The molecule has 2 saturated heterocycles. The number of aliphatic hydroxyl groups excluding tert-OH is 1. The quantitative estimate of drug-likeness (QED) is 0.649. The lowest BCUT2D eigenvalue weighted by atomic mass is 9.94. The molecule has 9 nitrogen and oxygen atoms in total. The van der Waals surface area contributed by atoms with Crippen LogP contribution in [0.5, 0.6) is 11.5 Å². The summed E-state index contributed by atoms with van der Waals surface area (Å²) >= 11 is 0. The molecule has 2 fully saturated rings. The summed E-state index contributed by atoms with van der Waals surface area (Å²) in [7, 11) is 0. The molecule has 4 atom stereocenters. The second-order valence-electron chi connectivity index (χ2n) is 10.3. The van der Waals surface area contributed by atoms with E-state index in [1.807, 2.05) is 12.1 Å². The maximum Gasteiger partial charge on any atom is 0.254 e. The van der Waals surface area contributed by atoms with Gasteiger partial charge in [-0.15, -0.1) is 0 Å². The molecule has 0 bridgehead atoms. The lowest BCUT2D eigenvalue weighted by Gasteiger charge is -2.44. The minimum atomic E-state index is -0.794. The number of carbonyl (C=O) groups excluding carboxylic acids is 2. The van der Waals surface area contributed by atoms with Crippen molar-refractivity contribution in [2.45, 2.75) is 62.5 Å². The highest BCUT2D eigenvalue weighted by molar-refractivity contribution is 5.95. The number of hydrogen-bond acceptors (Lipinski definition) is 7. The molecule has 2 aromatic rings. The summed E-state index contributed by atoms with van der Waals surface area (Å²) < 4.78 is 22.8. The smallest absolute Gasteiger partial charge is 0.254 e. The Labute approximate surface area is 215 Å². The molecule has 4 aliphatic rings. The number of nitrogens with one attached hydrogen (secondary N) is 1. The van der Waals surface area contributed by atoms with Gasteiger partial charge in [0.25, 0.3) is 5.91 Å². The molecule has 3 heterocycles. The average Bonchev–Trinajstić information content (AvgIpc) is 3.52. The number of nitrogens with zero attached hydrogens (tertiary/aromatic N) is 1. The van der Waals surface area contributed by atoms with Crippen LogP contribution in [0.4, 0.5) is 0 Å². The number of ether oxygens (including phenoxy) is 4. The highest BCUT2D eigenvalue weighted by atomic mass is 16.7. The first-order valence-corrected chi connectivity index (χ1v) is 13.0. The van der Waals surface area contributed by atoms with Gasteiger partial charge in [-0.2, -0.15) is 0 Å². The van der Waals surface area contributed by atoms with Crippen LogP contribution in [0.2, 0.25) is 0 Å². The van der Waals surface area contributed by atoms with E-state index in [2.05, 4.69) is 17.4 Å². The van der Waals surface area contributed by atoms with Gasteiger partial charge >= 0.3 is 0 Å². The molecule has 2 N–H and O–H groups in total. The van der Waals surface area contributed by atoms with E-state index in [-0.39, 0.29) is 69.1 Å². The van der Waals surface area contributed by atoms with E-state index in [1.165, 1.54) is 11.1 Å². The van der Waals surface area contributed by atoms with Gasteiger partial charge in [0.15, 0.2) is 11.5 Å². The first kappa shape index (κ1) is 24.2. The minimum Gasteiger partial charge on any atom is -0.454 e. The molecule has 0 radical (unpaired) electrons. The molecule has 3 aliphatic heterocycles. The predicted octanol–water partition coefficient (Wildman–Crippen LogP) is 1.84. The zero-order chi connectivity index (χ0) is 25.4. The Morgan fingerprint density at radius 2 is 1.78 bits per heavy atom. The Morgan fingerprint density at radius 3 is 2.59 bits per heavy atom. The van der Waals surface area contributed by atoms with Crippen molar-refractivity contribution in [1.29, 1.82) is 0 Å². The lowest BCUT2D eigenvalue weighted by molar-refractivity contribution is -0.151. The average molecular weight is 509 g/mol. The topological polar surface area (TPSA) is 107 Å². The molecule has 0 spiro atoms. The highest BCUT2D eigenvalue weighted by Crippen LogP contribution is 2.34. The van der Waals surface area contributed by atoms with Gasteiger partial charge in [0.1, 0.15) is 6.10 Å². The van der Waals surface area contributed by atoms with Crippen LogP contribution < -0.4 is 14.8 Å². The summed E-state index contributed by atoms with van der Waals surface area (Å²) in [6.07, 6.45) is 1.85. The third kappa shape index (κ3) is 5.16. The van der Waals surface area contributed by atoms with Crippen LogP contribution in [0.15, 0.2) is 42.5 Å². The van der Waals surface area contributed by atoms with Crippen LogP contribution >= 0.6 is 0 Å². The highest BCUT2D eigenvalue weighted by Gasteiger charge is 2.40. The summed E-state index contributed by atoms with van der Waals surface area (Å²) in [5.74, 6) is 0.931. The Balaban J connectivity index is 1.10. The molecular formula is C28H32N2O7. The maximum absolute atomic E-state index is 13.6. The molecule has 2 aromatic carbocycles. The van der Waals surface area contributed by atoms with Gasteiger partial charge in [0.05, 0.1) is 37.9 Å². The largest absolute Gasteiger partial charge is 0.454 e. The predicted molar refractivity (Wildman–Crippen MR) is 133 cm³/mol. The Kier molecular flexibility index (Phi) is 6.75. The molecule has 0 aromatic heterocycles. The van der Waals surface area contributed by atoms with Crippen LogP contribution in [-0.2, 0) is 27.1 Å². The van der Waals surface area contributed by atoms with Crippen molar-refractivity contribution in [2.24, 2.45) is 0 Å². The molecule has 0 saturated carbocycles. The molecule has 6 rings (SSSR count). The van der Waals surface area contributed by atoms with Crippen LogP contribution in [0.1, 0.15) is 40.7 Å². The number of carbonyl (C=O) groups is 2. The first-order chi connectivity index (χ1) is 18.0. The normalized spacial score (nSPS) is 27.1. The van der Waals surface area contributed by atoms with Crippen LogP contribution in [0.25, 0.3) is 0 Å². The van der Waals surface area contributed by atoms with Gasteiger partial charge in [0.2, 0.25) is 12.7 Å². The standard InChI is InChI=1S/C28H32N2O7/c31-21-13-30(28(33)19-5-8-24-25(11-19)36-16-35-24)23-7-6-22(37-26(23)15-34-14-21)12-27(32)29-20-9-17-3-1-2-4-18(17)10-20/h1-5,8,11,20-23,26,31H,6-7,9-10,12-16H2,(H,29,32)/t21-,22+,23-,26+/m0/s1. The second kappa shape index (κ2) is 10.3. The van der Waals surface area contributed by atoms with Gasteiger partial charge in [0, 0.05) is 18.2 Å². The number of amides is 2. The summed E-state index contributed by atoms with van der Waals surface area (Å²) in [6, 6.07) is 13.3. The van der Waals surface area contributed by atoms with E-state index in [9.17, 15) is 14.7 Å². The van der Waals surface area contributed by atoms with Gasteiger partial charge in [-0.25, -0.2) is 0 Å². The molecule has 196 valence electrons. The molecule has 37 heavy (non-hydrogen) atoms. The molecule has 2 amide bonds. The van der Waals surface area contributed by atoms with E-state index < -0.39 is 6.10 Å². The summed E-state index contributed by atoms with van der Waals surface area (Å²) in [5.41, 5.74) is 3.06. The van der Waals surface area contributed by atoms with Crippen molar-refractivity contribution in [3.05, 3.63) is 59.2 Å². The van der Waals surface area contributed by atoms with E-state index in [0.717, 1.165) is 12.8 Å². The third-order valence-corrected chi connectivity index (χ3v) is 7.69. The fourth-order valence-electron chi connectivity index (χ4n) is 5.92. The Morgan fingerprint density at radius 1 is 1.00 bits per heavy atom. The SMILES string of the molecule is O=C(C[C@H]1CC[C@H]2[C@@H](COC[C@@H](O)CN2C(=O)c2ccc3c(c2)OCO3)O1)NC1Cc2ccccc2C1. The summed E-state index contributed by atoms with van der Waals surface area (Å²) in [5, 5.41) is 13.6. The molecule has 9 heteroatoms. The number of aliphatic hydroxyl groups is 1.